The molecule has 0 aliphatic heterocycles. The number of hydrogen-bond acceptors (Lipinski definition) is 3. The van der Waals surface area contributed by atoms with E-state index in [-0.39, 0.29) is 12.4 Å². The maximum Gasteiger partial charge on any atom is 0.407 e. The zero-order chi connectivity index (χ0) is 14.7. The number of nitrogens with one attached hydrogen (secondary N) is 1. The van der Waals surface area contributed by atoms with E-state index in [1.807, 2.05) is 0 Å². The SMILES string of the molecule is CC(C)(C)OC(=O)NCC(C)(O)c1ccc(F)cc1. The number of benzene rings is 1. The molecule has 1 unspecified atom stereocenters. The molecule has 0 fully saturated rings. The minimum Gasteiger partial charge on any atom is -0.444 e. The Labute approximate surface area is 112 Å². The Morgan fingerprint density at radius 3 is 2.26 bits per heavy atom. The van der Waals surface area contributed by atoms with Gasteiger partial charge in [0, 0.05) is 0 Å². The van der Waals surface area contributed by atoms with Crippen molar-refractivity contribution in [3.8, 4) is 0 Å². The number of carbonyl (C=O) groups is 1. The number of hydrogen-bond donors (Lipinski definition) is 2. The molecule has 4 nitrogen and oxygen atoms in total. The molecule has 1 aromatic rings. The summed E-state index contributed by atoms with van der Waals surface area (Å²) in [6.45, 7) is 6.78. The first kappa shape index (κ1) is 15.4. The first-order valence-electron chi connectivity index (χ1n) is 6.05. The van der Waals surface area contributed by atoms with Gasteiger partial charge in [-0.05, 0) is 45.4 Å². The van der Waals surface area contributed by atoms with E-state index in [0.717, 1.165) is 0 Å². The first-order valence-corrected chi connectivity index (χ1v) is 6.05. The van der Waals surface area contributed by atoms with Crippen LogP contribution in [0.4, 0.5) is 9.18 Å². The third-order valence-corrected chi connectivity index (χ3v) is 2.44. The van der Waals surface area contributed by atoms with Gasteiger partial charge in [-0.3, -0.25) is 0 Å². The Kier molecular flexibility index (Phi) is 4.52. The van der Waals surface area contributed by atoms with Crippen molar-refractivity contribution in [2.45, 2.75) is 38.9 Å². The summed E-state index contributed by atoms with van der Waals surface area (Å²) in [5.41, 5.74) is -1.36. The molecule has 1 rings (SSSR count). The normalized spacial score (nSPS) is 14.6. The van der Waals surface area contributed by atoms with Crippen LogP contribution in [0.25, 0.3) is 0 Å². The van der Waals surface area contributed by atoms with Crippen LogP contribution in [0.1, 0.15) is 33.3 Å². The number of rotatable bonds is 3. The summed E-state index contributed by atoms with van der Waals surface area (Å²) in [4.78, 5) is 11.5. The summed E-state index contributed by atoms with van der Waals surface area (Å²) < 4.78 is 17.9. The molecular formula is C14H20FNO3. The monoisotopic (exact) mass is 269 g/mol. The minimum atomic E-state index is -1.29. The highest BCUT2D eigenvalue weighted by Gasteiger charge is 2.25. The van der Waals surface area contributed by atoms with Crippen molar-refractivity contribution in [1.82, 2.24) is 5.32 Å². The summed E-state index contributed by atoms with van der Waals surface area (Å²) in [6, 6.07) is 5.48. The van der Waals surface area contributed by atoms with Gasteiger partial charge in [0.25, 0.3) is 0 Å². The molecule has 1 aromatic carbocycles. The second-order valence-electron chi connectivity index (χ2n) is 5.64. The number of alkyl carbamates (subject to hydrolysis) is 1. The molecule has 106 valence electrons. The third kappa shape index (κ3) is 5.26. The standard InChI is InChI=1S/C14H20FNO3/c1-13(2,3)19-12(17)16-9-14(4,18)10-5-7-11(15)8-6-10/h5-8,18H,9H2,1-4H3,(H,16,17). The lowest BCUT2D eigenvalue weighted by atomic mass is 9.96. The van der Waals surface area contributed by atoms with Crippen LogP contribution >= 0.6 is 0 Å². The van der Waals surface area contributed by atoms with Gasteiger partial charge in [-0.1, -0.05) is 12.1 Å². The smallest absolute Gasteiger partial charge is 0.407 e. The predicted molar refractivity (Wildman–Crippen MR) is 70.2 cm³/mol. The van der Waals surface area contributed by atoms with Crippen LogP contribution in [0.15, 0.2) is 24.3 Å². The van der Waals surface area contributed by atoms with Crippen molar-refractivity contribution in [3.63, 3.8) is 0 Å². The Morgan fingerprint density at radius 2 is 1.79 bits per heavy atom. The minimum absolute atomic E-state index is 0.0203. The summed E-state index contributed by atoms with van der Waals surface area (Å²) in [5, 5.41) is 12.7. The number of aliphatic hydroxyl groups is 1. The summed E-state index contributed by atoms with van der Waals surface area (Å²) in [6.07, 6.45) is -0.602. The molecule has 19 heavy (non-hydrogen) atoms. The van der Waals surface area contributed by atoms with Gasteiger partial charge in [-0.25, -0.2) is 9.18 Å². The summed E-state index contributed by atoms with van der Waals surface area (Å²) in [5.74, 6) is -0.375. The van der Waals surface area contributed by atoms with Crippen molar-refractivity contribution in [1.29, 1.82) is 0 Å². The van der Waals surface area contributed by atoms with Crippen LogP contribution in [-0.4, -0.2) is 23.3 Å². The van der Waals surface area contributed by atoms with Crippen LogP contribution in [0.2, 0.25) is 0 Å². The van der Waals surface area contributed by atoms with Gasteiger partial charge in [-0.2, -0.15) is 0 Å². The zero-order valence-corrected chi connectivity index (χ0v) is 11.7. The fourth-order valence-electron chi connectivity index (χ4n) is 1.47. The topological polar surface area (TPSA) is 58.6 Å². The fourth-order valence-corrected chi connectivity index (χ4v) is 1.47. The largest absolute Gasteiger partial charge is 0.444 e. The van der Waals surface area contributed by atoms with Gasteiger partial charge in [0.2, 0.25) is 0 Å². The average molecular weight is 269 g/mol. The molecule has 0 saturated heterocycles. The Balaban J connectivity index is 2.60. The van der Waals surface area contributed by atoms with Gasteiger partial charge in [-0.15, -0.1) is 0 Å². The van der Waals surface area contributed by atoms with Crippen LogP contribution in [0.5, 0.6) is 0 Å². The lowest BCUT2D eigenvalue weighted by molar-refractivity contribution is 0.0316. The zero-order valence-electron chi connectivity index (χ0n) is 11.7. The van der Waals surface area contributed by atoms with Gasteiger partial charge in [0.05, 0.1) is 6.54 Å². The number of halogens is 1. The fraction of sp³-hybridized carbons (Fsp3) is 0.500. The Morgan fingerprint density at radius 1 is 1.26 bits per heavy atom. The molecule has 1 amide bonds. The summed E-state index contributed by atoms with van der Waals surface area (Å²) in [7, 11) is 0. The maximum absolute atomic E-state index is 12.8. The molecule has 0 heterocycles. The molecule has 0 spiro atoms. The van der Waals surface area contributed by atoms with Crippen LogP contribution in [0, 0.1) is 5.82 Å². The van der Waals surface area contributed by atoms with E-state index in [2.05, 4.69) is 5.32 Å². The molecule has 5 heteroatoms. The van der Waals surface area contributed by atoms with Crippen LogP contribution in [-0.2, 0) is 10.3 Å². The highest BCUT2D eigenvalue weighted by Crippen LogP contribution is 2.20. The van der Waals surface area contributed by atoms with E-state index < -0.39 is 17.3 Å². The van der Waals surface area contributed by atoms with Crippen molar-refractivity contribution in [3.05, 3.63) is 35.6 Å². The molecule has 0 aliphatic rings. The van der Waals surface area contributed by atoms with Gasteiger partial charge in [0.15, 0.2) is 0 Å². The second-order valence-corrected chi connectivity index (χ2v) is 5.64. The van der Waals surface area contributed by atoms with E-state index in [0.29, 0.717) is 5.56 Å². The lowest BCUT2D eigenvalue weighted by Gasteiger charge is -2.26. The van der Waals surface area contributed by atoms with Crippen molar-refractivity contribution in [2.24, 2.45) is 0 Å². The quantitative estimate of drug-likeness (QED) is 0.886. The van der Waals surface area contributed by atoms with Gasteiger partial charge >= 0.3 is 6.09 Å². The highest BCUT2D eigenvalue weighted by molar-refractivity contribution is 5.67. The number of carbonyl (C=O) groups excluding carboxylic acids is 1. The van der Waals surface area contributed by atoms with Crippen molar-refractivity contribution < 1.29 is 19.0 Å². The van der Waals surface area contributed by atoms with Crippen LogP contribution in [0.3, 0.4) is 0 Å². The van der Waals surface area contributed by atoms with E-state index >= 15 is 0 Å². The lowest BCUT2D eigenvalue weighted by Crippen LogP contribution is -2.41. The van der Waals surface area contributed by atoms with Crippen molar-refractivity contribution in [2.75, 3.05) is 6.54 Å². The molecule has 0 saturated carbocycles. The Bertz CT molecular complexity index is 435. The third-order valence-electron chi connectivity index (χ3n) is 2.44. The number of ether oxygens (including phenoxy) is 1. The predicted octanol–water partition coefficient (Wildman–Crippen LogP) is 2.56. The Hall–Kier alpha value is -1.62. The molecule has 1 atom stereocenters. The summed E-state index contributed by atoms with van der Waals surface area (Å²) >= 11 is 0. The van der Waals surface area contributed by atoms with E-state index in [1.165, 1.54) is 31.2 Å². The molecule has 0 radical (unpaired) electrons. The molecule has 2 N–H and O–H groups in total. The molecule has 0 aromatic heterocycles. The molecule has 0 bridgehead atoms. The van der Waals surface area contributed by atoms with E-state index in [1.54, 1.807) is 20.8 Å². The number of amides is 1. The van der Waals surface area contributed by atoms with Gasteiger partial charge in [0.1, 0.15) is 17.0 Å². The van der Waals surface area contributed by atoms with E-state index in [4.69, 9.17) is 4.74 Å². The molecular weight excluding hydrogens is 249 g/mol. The highest BCUT2D eigenvalue weighted by atomic mass is 19.1. The first-order chi connectivity index (χ1) is 8.60. The maximum atomic E-state index is 12.8. The average Bonchev–Trinajstić information content (AvgIpc) is 2.25. The van der Waals surface area contributed by atoms with Crippen LogP contribution < -0.4 is 5.32 Å². The van der Waals surface area contributed by atoms with E-state index in [9.17, 15) is 14.3 Å². The molecule has 0 aliphatic carbocycles. The second kappa shape index (κ2) is 5.57. The van der Waals surface area contributed by atoms with Gasteiger partial charge < -0.3 is 15.2 Å². The van der Waals surface area contributed by atoms with Crippen molar-refractivity contribution >= 4 is 6.09 Å².